The number of hydrogen-bond donors (Lipinski definition) is 0. The molecule has 0 aliphatic heterocycles. The Morgan fingerprint density at radius 1 is 1.15 bits per heavy atom. The summed E-state index contributed by atoms with van der Waals surface area (Å²) in [4.78, 5) is 17.2. The number of aromatic nitrogens is 4. The summed E-state index contributed by atoms with van der Waals surface area (Å²) in [6.45, 7) is 2.11. The van der Waals surface area contributed by atoms with Gasteiger partial charge >= 0.3 is 0 Å². The molecule has 0 N–H and O–H groups in total. The zero-order valence-corrected chi connectivity index (χ0v) is 15.8. The molecular weight excluding hydrogens is 371 g/mol. The molecule has 26 heavy (non-hydrogen) atoms. The predicted octanol–water partition coefficient (Wildman–Crippen LogP) is 4.63. The Morgan fingerprint density at radius 2 is 1.96 bits per heavy atom. The number of ketones is 1. The Balaban J connectivity index is 2.15. The van der Waals surface area contributed by atoms with Gasteiger partial charge in [0.15, 0.2) is 5.82 Å². The summed E-state index contributed by atoms with van der Waals surface area (Å²) in [6, 6.07) is 10.4. The molecule has 0 aliphatic rings. The molecule has 0 bridgehead atoms. The van der Waals surface area contributed by atoms with Crippen molar-refractivity contribution in [3.05, 3.63) is 70.5 Å². The molecule has 134 valence electrons. The summed E-state index contributed by atoms with van der Waals surface area (Å²) in [5, 5.41) is 8.92. The van der Waals surface area contributed by atoms with E-state index < -0.39 is 0 Å². The third kappa shape index (κ3) is 3.79. The SMILES string of the molecule is CCCCc1nnc(CCl)n1-c1ccc(Cl)cc1C(=O)c1ccccn1. The van der Waals surface area contributed by atoms with Crippen LogP contribution in [0.2, 0.25) is 5.02 Å². The summed E-state index contributed by atoms with van der Waals surface area (Å²) in [6.07, 6.45) is 4.34. The second-order valence-electron chi connectivity index (χ2n) is 5.81. The fourth-order valence-corrected chi connectivity index (χ4v) is 3.08. The van der Waals surface area contributed by atoms with Crippen molar-refractivity contribution in [2.75, 3.05) is 0 Å². The minimum atomic E-state index is -0.209. The van der Waals surface area contributed by atoms with Gasteiger partial charge in [-0.25, -0.2) is 0 Å². The fraction of sp³-hybridized carbons (Fsp3) is 0.263. The number of alkyl halides is 1. The Kier molecular flexibility index (Phi) is 6.01. The van der Waals surface area contributed by atoms with Crippen molar-refractivity contribution in [2.24, 2.45) is 0 Å². The van der Waals surface area contributed by atoms with Gasteiger partial charge in [-0.05, 0) is 36.8 Å². The van der Waals surface area contributed by atoms with Crippen molar-refractivity contribution in [2.45, 2.75) is 32.1 Å². The van der Waals surface area contributed by atoms with Gasteiger partial charge in [0.25, 0.3) is 0 Å². The highest BCUT2D eigenvalue weighted by Crippen LogP contribution is 2.25. The summed E-state index contributed by atoms with van der Waals surface area (Å²) in [7, 11) is 0. The van der Waals surface area contributed by atoms with Crippen molar-refractivity contribution in [3.8, 4) is 5.69 Å². The van der Waals surface area contributed by atoms with Crippen molar-refractivity contribution in [1.29, 1.82) is 0 Å². The first-order valence-corrected chi connectivity index (χ1v) is 9.31. The monoisotopic (exact) mass is 388 g/mol. The van der Waals surface area contributed by atoms with Crippen LogP contribution < -0.4 is 0 Å². The zero-order chi connectivity index (χ0) is 18.5. The van der Waals surface area contributed by atoms with Crippen LogP contribution in [0, 0.1) is 0 Å². The van der Waals surface area contributed by atoms with Crippen molar-refractivity contribution >= 4 is 29.0 Å². The highest BCUT2D eigenvalue weighted by atomic mass is 35.5. The summed E-state index contributed by atoms with van der Waals surface area (Å²) in [5.41, 5.74) is 1.46. The van der Waals surface area contributed by atoms with Crippen molar-refractivity contribution in [1.82, 2.24) is 19.7 Å². The zero-order valence-electron chi connectivity index (χ0n) is 14.3. The average Bonchev–Trinajstić information content (AvgIpc) is 3.09. The summed E-state index contributed by atoms with van der Waals surface area (Å²) < 4.78 is 1.86. The lowest BCUT2D eigenvalue weighted by molar-refractivity contribution is 0.103. The van der Waals surface area contributed by atoms with Gasteiger partial charge in [0.1, 0.15) is 11.5 Å². The van der Waals surface area contributed by atoms with Crippen LogP contribution in [0.15, 0.2) is 42.6 Å². The van der Waals surface area contributed by atoms with Gasteiger partial charge in [-0.3, -0.25) is 14.3 Å². The highest BCUT2D eigenvalue weighted by molar-refractivity contribution is 6.31. The van der Waals surface area contributed by atoms with Crippen LogP contribution in [0.5, 0.6) is 0 Å². The lowest BCUT2D eigenvalue weighted by Gasteiger charge is -2.14. The smallest absolute Gasteiger partial charge is 0.213 e. The molecule has 0 saturated carbocycles. The highest BCUT2D eigenvalue weighted by Gasteiger charge is 2.21. The van der Waals surface area contributed by atoms with Gasteiger partial charge in [0.2, 0.25) is 5.78 Å². The lowest BCUT2D eigenvalue weighted by Crippen LogP contribution is -2.12. The van der Waals surface area contributed by atoms with E-state index in [0.29, 0.717) is 27.8 Å². The van der Waals surface area contributed by atoms with Crippen LogP contribution in [0.4, 0.5) is 0 Å². The molecule has 0 atom stereocenters. The van der Waals surface area contributed by atoms with Crippen molar-refractivity contribution in [3.63, 3.8) is 0 Å². The van der Waals surface area contributed by atoms with E-state index in [-0.39, 0.29) is 11.7 Å². The minimum absolute atomic E-state index is 0.193. The third-order valence-electron chi connectivity index (χ3n) is 4.01. The van der Waals surface area contributed by atoms with Crippen LogP contribution in [0.1, 0.15) is 47.5 Å². The van der Waals surface area contributed by atoms with E-state index in [1.807, 2.05) is 4.57 Å². The van der Waals surface area contributed by atoms with E-state index in [9.17, 15) is 4.79 Å². The second-order valence-corrected chi connectivity index (χ2v) is 6.51. The summed E-state index contributed by atoms with van der Waals surface area (Å²) in [5.74, 6) is 1.35. The molecule has 0 saturated heterocycles. The largest absolute Gasteiger partial charge is 0.287 e. The predicted molar refractivity (Wildman–Crippen MR) is 102 cm³/mol. The Hall–Kier alpha value is -2.24. The standard InChI is InChI=1S/C19H18Cl2N4O/c1-2-3-7-17-23-24-18(12-20)25(17)16-9-8-13(21)11-14(16)19(26)15-6-4-5-10-22-15/h4-6,8-11H,2-3,7,12H2,1H3. The quantitative estimate of drug-likeness (QED) is 0.437. The van der Waals surface area contributed by atoms with E-state index in [2.05, 4.69) is 22.1 Å². The van der Waals surface area contributed by atoms with E-state index >= 15 is 0 Å². The van der Waals surface area contributed by atoms with Gasteiger partial charge in [-0.2, -0.15) is 0 Å². The van der Waals surface area contributed by atoms with E-state index in [4.69, 9.17) is 23.2 Å². The summed E-state index contributed by atoms with van der Waals surface area (Å²) >= 11 is 12.2. The van der Waals surface area contributed by atoms with Crippen LogP contribution in [-0.4, -0.2) is 25.5 Å². The van der Waals surface area contributed by atoms with Gasteiger partial charge in [0.05, 0.1) is 11.6 Å². The number of unbranched alkanes of at least 4 members (excludes halogenated alkanes) is 1. The van der Waals surface area contributed by atoms with Crippen LogP contribution in [0.25, 0.3) is 5.69 Å². The van der Waals surface area contributed by atoms with E-state index in [0.717, 1.165) is 25.1 Å². The van der Waals surface area contributed by atoms with Gasteiger partial charge in [0, 0.05) is 23.2 Å². The van der Waals surface area contributed by atoms with E-state index in [1.165, 1.54) is 0 Å². The van der Waals surface area contributed by atoms with Gasteiger partial charge in [-0.15, -0.1) is 21.8 Å². The molecule has 2 heterocycles. The normalized spacial score (nSPS) is 10.9. The molecule has 0 spiro atoms. The molecule has 0 aliphatic carbocycles. The molecule has 7 heteroatoms. The van der Waals surface area contributed by atoms with Crippen LogP contribution >= 0.6 is 23.2 Å². The molecule has 0 radical (unpaired) electrons. The first-order valence-electron chi connectivity index (χ1n) is 8.40. The minimum Gasteiger partial charge on any atom is -0.287 e. The van der Waals surface area contributed by atoms with Gasteiger partial charge < -0.3 is 0 Å². The maximum atomic E-state index is 13.0. The van der Waals surface area contributed by atoms with Crippen molar-refractivity contribution < 1.29 is 4.79 Å². The molecule has 1 aromatic carbocycles. The van der Waals surface area contributed by atoms with Crippen LogP contribution in [0.3, 0.4) is 0 Å². The average molecular weight is 389 g/mol. The third-order valence-corrected chi connectivity index (χ3v) is 4.49. The first-order chi connectivity index (χ1) is 12.7. The van der Waals surface area contributed by atoms with E-state index in [1.54, 1.807) is 42.6 Å². The molecule has 3 rings (SSSR count). The lowest BCUT2D eigenvalue weighted by atomic mass is 10.0. The topological polar surface area (TPSA) is 60.7 Å². The number of carbonyl (C=O) groups excluding carboxylic acids is 1. The molecule has 0 amide bonds. The maximum absolute atomic E-state index is 13.0. The molecule has 3 aromatic rings. The Bertz CT molecular complexity index is 909. The molecule has 0 unspecified atom stereocenters. The number of pyridine rings is 1. The molecule has 0 fully saturated rings. The van der Waals surface area contributed by atoms with Gasteiger partial charge in [-0.1, -0.05) is 31.0 Å². The number of halogens is 2. The number of hydrogen-bond acceptors (Lipinski definition) is 4. The Labute approximate surface area is 162 Å². The fourth-order valence-electron chi connectivity index (χ4n) is 2.74. The van der Waals surface area contributed by atoms with Crippen LogP contribution in [-0.2, 0) is 12.3 Å². The number of aryl methyl sites for hydroxylation is 1. The Morgan fingerprint density at radius 3 is 2.65 bits per heavy atom. The number of rotatable bonds is 7. The number of benzene rings is 1. The number of carbonyl (C=O) groups is 1. The first kappa shape index (κ1) is 18.5. The number of nitrogens with zero attached hydrogens (tertiary/aromatic N) is 4. The second kappa shape index (κ2) is 8.43. The molecule has 2 aromatic heterocycles. The molecule has 5 nitrogen and oxygen atoms in total. The molecular formula is C19H18Cl2N4O. The maximum Gasteiger partial charge on any atom is 0.213 e.